The lowest BCUT2D eigenvalue weighted by Crippen LogP contribution is -2.00. The van der Waals surface area contributed by atoms with Crippen molar-refractivity contribution in [3.63, 3.8) is 0 Å². The van der Waals surface area contributed by atoms with Crippen molar-refractivity contribution in [3.8, 4) is 62.2 Å². The number of fused-ring (bicyclic) bond motifs is 6. The van der Waals surface area contributed by atoms with Crippen LogP contribution in [-0.2, 0) is 0 Å². The van der Waals surface area contributed by atoms with Gasteiger partial charge in [0.15, 0.2) is 17.5 Å². The van der Waals surface area contributed by atoms with Crippen molar-refractivity contribution in [2.75, 3.05) is 0 Å². The van der Waals surface area contributed by atoms with Gasteiger partial charge in [0.2, 0.25) is 0 Å². The molecule has 0 atom stereocenters. The summed E-state index contributed by atoms with van der Waals surface area (Å²) in [5.41, 5.74) is 11.4. The molecule has 0 unspecified atom stereocenters. The Bertz CT molecular complexity index is 3210. The summed E-state index contributed by atoms with van der Waals surface area (Å²) in [6, 6.07) is 69.9. The third-order valence-electron chi connectivity index (χ3n) is 10.8. The molecule has 5 heteroatoms. The zero-order chi connectivity index (χ0) is 37.7. The maximum Gasteiger partial charge on any atom is 0.164 e. The van der Waals surface area contributed by atoms with Crippen LogP contribution in [0.25, 0.3) is 106 Å². The van der Waals surface area contributed by atoms with E-state index in [9.17, 15) is 0 Å². The molecule has 0 amide bonds. The number of aromatic nitrogens is 5. The van der Waals surface area contributed by atoms with E-state index in [1.807, 2.05) is 60.7 Å². The second kappa shape index (κ2) is 13.5. The molecule has 11 aromatic rings. The predicted octanol–water partition coefficient (Wildman–Crippen LogP) is 13.0. The smallest absolute Gasteiger partial charge is 0.164 e. The molecule has 11 rings (SSSR count). The number of hydrogen-bond donors (Lipinski definition) is 0. The second-order valence-electron chi connectivity index (χ2n) is 14.3. The van der Waals surface area contributed by atoms with E-state index in [0.717, 1.165) is 72.0 Å². The average Bonchev–Trinajstić information content (AvgIpc) is 3.62. The van der Waals surface area contributed by atoms with E-state index in [2.05, 4.69) is 144 Å². The van der Waals surface area contributed by atoms with Gasteiger partial charge >= 0.3 is 0 Å². The minimum Gasteiger partial charge on any atom is -0.309 e. The third kappa shape index (κ3) is 5.72. The highest BCUT2D eigenvalue weighted by atomic mass is 15.0. The molecule has 266 valence electrons. The summed E-state index contributed by atoms with van der Waals surface area (Å²) in [4.78, 5) is 20.3. The highest BCUT2D eigenvalue weighted by Crippen LogP contribution is 2.41. The topological polar surface area (TPSA) is 56.5 Å². The predicted molar refractivity (Wildman–Crippen MR) is 234 cm³/mol. The van der Waals surface area contributed by atoms with Crippen LogP contribution >= 0.6 is 0 Å². The van der Waals surface area contributed by atoms with Gasteiger partial charge < -0.3 is 4.57 Å². The number of benzene rings is 8. The van der Waals surface area contributed by atoms with Crippen molar-refractivity contribution >= 4 is 43.5 Å². The molecule has 3 heterocycles. The summed E-state index contributed by atoms with van der Waals surface area (Å²) in [5, 5.41) is 5.80. The Morgan fingerprint density at radius 3 is 1.51 bits per heavy atom. The molecule has 0 fully saturated rings. The Kier molecular flexibility index (Phi) is 7.74. The molecule has 0 aliphatic rings. The minimum absolute atomic E-state index is 0.627. The van der Waals surface area contributed by atoms with E-state index in [1.54, 1.807) is 0 Å². The molecular formula is C52H33N5. The highest BCUT2D eigenvalue weighted by Gasteiger charge is 2.19. The van der Waals surface area contributed by atoms with Gasteiger partial charge in [0.25, 0.3) is 0 Å². The Labute approximate surface area is 329 Å². The van der Waals surface area contributed by atoms with Crippen LogP contribution in [0, 0.1) is 0 Å². The monoisotopic (exact) mass is 727 g/mol. The molecule has 0 aliphatic carbocycles. The molecule has 8 aromatic carbocycles. The van der Waals surface area contributed by atoms with Gasteiger partial charge in [0.1, 0.15) is 0 Å². The fraction of sp³-hybridized carbons (Fsp3) is 0. The lowest BCUT2D eigenvalue weighted by atomic mass is 9.95. The summed E-state index contributed by atoms with van der Waals surface area (Å²) < 4.78 is 2.37. The van der Waals surface area contributed by atoms with E-state index < -0.39 is 0 Å². The summed E-state index contributed by atoms with van der Waals surface area (Å²) in [7, 11) is 0. The quantitative estimate of drug-likeness (QED) is 0.160. The van der Waals surface area contributed by atoms with Gasteiger partial charge in [-0.25, -0.2) is 19.9 Å². The van der Waals surface area contributed by atoms with Crippen LogP contribution in [0.3, 0.4) is 0 Å². The van der Waals surface area contributed by atoms with Crippen LogP contribution in [0.5, 0.6) is 0 Å². The van der Waals surface area contributed by atoms with Crippen molar-refractivity contribution < 1.29 is 0 Å². The fourth-order valence-corrected chi connectivity index (χ4v) is 8.09. The Hall–Kier alpha value is -7.76. The Morgan fingerprint density at radius 1 is 0.281 bits per heavy atom. The second-order valence-corrected chi connectivity index (χ2v) is 14.3. The van der Waals surface area contributed by atoms with Crippen LogP contribution in [0.2, 0.25) is 0 Å². The maximum absolute atomic E-state index is 5.38. The van der Waals surface area contributed by atoms with E-state index in [4.69, 9.17) is 19.9 Å². The maximum atomic E-state index is 5.38. The highest BCUT2D eigenvalue weighted by molar-refractivity contribution is 6.20. The van der Waals surface area contributed by atoms with E-state index in [1.165, 1.54) is 16.3 Å². The lowest BCUT2D eigenvalue weighted by molar-refractivity contribution is 1.07. The number of rotatable bonds is 6. The zero-order valence-corrected chi connectivity index (χ0v) is 30.8. The first-order valence-electron chi connectivity index (χ1n) is 19.1. The first-order valence-corrected chi connectivity index (χ1v) is 19.1. The zero-order valence-electron chi connectivity index (χ0n) is 30.8. The Morgan fingerprint density at radius 2 is 0.825 bits per heavy atom. The standard InChI is InChI=1S/C52H33N5/c1-5-16-34(17-6-1)49-45-33-48-44(41-26-13-14-27-47(41)57(48)40-24-11-4-12-25-40)32-42(45)43-31-38(28-29-46(43)53-49)37-22-15-23-39(30-37)52-55-50(35-18-7-2-8-19-35)54-51(56-52)36-20-9-3-10-21-36/h1-33H. The first kappa shape index (κ1) is 32.7. The number of pyridine rings is 1. The summed E-state index contributed by atoms with van der Waals surface area (Å²) in [6.45, 7) is 0. The number of nitrogens with zero attached hydrogens (tertiary/aromatic N) is 5. The average molecular weight is 728 g/mol. The Balaban J connectivity index is 1.12. The van der Waals surface area contributed by atoms with Crippen molar-refractivity contribution in [2.24, 2.45) is 0 Å². The number of hydrogen-bond acceptors (Lipinski definition) is 4. The van der Waals surface area contributed by atoms with Crippen LogP contribution in [-0.4, -0.2) is 24.5 Å². The molecule has 0 bridgehead atoms. The summed E-state index contributed by atoms with van der Waals surface area (Å²) in [6.07, 6.45) is 0. The molecule has 0 saturated heterocycles. The van der Waals surface area contributed by atoms with Crippen LogP contribution in [0.1, 0.15) is 0 Å². The molecule has 0 N–H and O–H groups in total. The van der Waals surface area contributed by atoms with Gasteiger partial charge in [-0.15, -0.1) is 0 Å². The molecule has 0 radical (unpaired) electrons. The molecule has 3 aromatic heterocycles. The molecule has 5 nitrogen and oxygen atoms in total. The third-order valence-corrected chi connectivity index (χ3v) is 10.8. The summed E-state index contributed by atoms with van der Waals surface area (Å²) >= 11 is 0. The van der Waals surface area contributed by atoms with Crippen molar-refractivity contribution in [2.45, 2.75) is 0 Å². The SMILES string of the molecule is c1ccc(-c2nc(-c3ccccc3)nc(-c3cccc(-c4ccc5nc(-c6ccccc6)c6cc7c(cc6c5c4)c4ccccc4n7-c4ccccc4)c3)n2)cc1. The molecule has 0 saturated carbocycles. The summed E-state index contributed by atoms with van der Waals surface area (Å²) in [5.74, 6) is 1.91. The van der Waals surface area contributed by atoms with Gasteiger partial charge in [-0.3, -0.25) is 0 Å². The largest absolute Gasteiger partial charge is 0.309 e. The normalized spacial score (nSPS) is 11.5. The van der Waals surface area contributed by atoms with Crippen molar-refractivity contribution in [1.82, 2.24) is 24.5 Å². The van der Waals surface area contributed by atoms with Crippen molar-refractivity contribution in [1.29, 1.82) is 0 Å². The first-order chi connectivity index (χ1) is 28.2. The van der Waals surface area contributed by atoms with Crippen LogP contribution < -0.4 is 0 Å². The molecular weight excluding hydrogens is 695 g/mol. The molecule has 57 heavy (non-hydrogen) atoms. The number of para-hydroxylation sites is 2. The van der Waals surface area contributed by atoms with Crippen LogP contribution in [0.4, 0.5) is 0 Å². The van der Waals surface area contributed by atoms with Gasteiger partial charge in [-0.05, 0) is 65.0 Å². The fourth-order valence-electron chi connectivity index (χ4n) is 8.09. The molecule has 0 spiro atoms. The van der Waals surface area contributed by atoms with E-state index in [0.29, 0.717) is 17.5 Å². The van der Waals surface area contributed by atoms with Gasteiger partial charge in [-0.2, -0.15) is 0 Å². The van der Waals surface area contributed by atoms with E-state index in [-0.39, 0.29) is 0 Å². The van der Waals surface area contributed by atoms with Gasteiger partial charge in [0, 0.05) is 49.5 Å². The van der Waals surface area contributed by atoms with Gasteiger partial charge in [0.05, 0.1) is 22.2 Å². The van der Waals surface area contributed by atoms with Crippen LogP contribution in [0.15, 0.2) is 200 Å². The van der Waals surface area contributed by atoms with E-state index >= 15 is 0 Å². The minimum atomic E-state index is 0.627. The lowest BCUT2D eigenvalue weighted by Gasteiger charge is -2.14. The van der Waals surface area contributed by atoms with Crippen molar-refractivity contribution in [3.05, 3.63) is 200 Å². The molecule has 0 aliphatic heterocycles. The van der Waals surface area contributed by atoms with Gasteiger partial charge in [-0.1, -0.05) is 152 Å².